The third-order valence-corrected chi connectivity index (χ3v) is 4.92. The first-order valence-electron chi connectivity index (χ1n) is 8.86. The van der Waals surface area contributed by atoms with E-state index in [9.17, 15) is 14.7 Å². The van der Waals surface area contributed by atoms with Gasteiger partial charge in [-0.3, -0.25) is 9.69 Å². The smallest absolute Gasteiger partial charge is 0.360 e. The molecule has 1 aliphatic heterocycles. The van der Waals surface area contributed by atoms with Gasteiger partial charge in [0, 0.05) is 39.3 Å². The number of carbonyl (C=O) groups is 1. The summed E-state index contributed by atoms with van der Waals surface area (Å²) in [6, 6.07) is 7.40. The summed E-state index contributed by atoms with van der Waals surface area (Å²) in [5, 5.41) is 13.5. The highest BCUT2D eigenvalue weighted by Gasteiger charge is 2.23. The normalized spacial score (nSPS) is 15.4. The maximum Gasteiger partial charge on any atom is 0.360 e. The third kappa shape index (κ3) is 2.94. The highest BCUT2D eigenvalue weighted by atomic mass is 16.5. The molecule has 0 aliphatic carbocycles. The molecule has 142 valence electrons. The summed E-state index contributed by atoms with van der Waals surface area (Å²) < 4.78 is 7.91. The van der Waals surface area contributed by atoms with Crippen molar-refractivity contribution >= 4 is 22.8 Å². The highest BCUT2D eigenvalue weighted by Crippen LogP contribution is 2.21. The zero-order valence-corrected chi connectivity index (χ0v) is 15.0. The van der Waals surface area contributed by atoms with Crippen molar-refractivity contribution in [3.05, 3.63) is 40.3 Å². The van der Waals surface area contributed by atoms with Crippen LogP contribution in [-0.2, 0) is 11.3 Å². The van der Waals surface area contributed by atoms with E-state index in [4.69, 9.17) is 0 Å². The van der Waals surface area contributed by atoms with E-state index in [1.165, 1.54) is 11.5 Å². The number of nitrogens with one attached hydrogen (secondary N) is 1. The molecular weight excluding hydrogens is 350 g/mol. The van der Waals surface area contributed by atoms with Gasteiger partial charge in [0.1, 0.15) is 0 Å². The Hall–Kier alpha value is -2.91. The molecule has 0 bridgehead atoms. The number of ether oxygens (including phenoxy) is 1. The minimum atomic E-state index is -0.842. The van der Waals surface area contributed by atoms with E-state index in [1.807, 2.05) is 22.8 Å². The number of aromatic hydroxyl groups is 1. The van der Waals surface area contributed by atoms with Gasteiger partial charge >= 0.3 is 11.5 Å². The zero-order valence-electron chi connectivity index (χ0n) is 15.0. The van der Waals surface area contributed by atoms with Gasteiger partial charge in [0.15, 0.2) is 5.69 Å². The van der Waals surface area contributed by atoms with Crippen LogP contribution in [0.25, 0.3) is 16.8 Å². The number of benzene rings is 1. The van der Waals surface area contributed by atoms with Crippen LogP contribution in [0.2, 0.25) is 0 Å². The lowest BCUT2D eigenvalue weighted by Crippen LogP contribution is -2.44. The molecule has 0 saturated carbocycles. The fourth-order valence-corrected chi connectivity index (χ4v) is 3.52. The molecule has 0 unspecified atom stereocenters. The summed E-state index contributed by atoms with van der Waals surface area (Å²) in [4.78, 5) is 31.3. The first-order valence-corrected chi connectivity index (χ1v) is 8.86. The number of fused-ring (bicyclic) bond motifs is 3. The number of rotatable bonds is 4. The van der Waals surface area contributed by atoms with Gasteiger partial charge < -0.3 is 19.7 Å². The van der Waals surface area contributed by atoms with Crippen molar-refractivity contribution in [1.82, 2.24) is 24.2 Å². The molecule has 2 aromatic heterocycles. The summed E-state index contributed by atoms with van der Waals surface area (Å²) >= 11 is 0. The molecule has 27 heavy (non-hydrogen) atoms. The van der Waals surface area contributed by atoms with Crippen LogP contribution in [0.15, 0.2) is 29.1 Å². The molecule has 9 nitrogen and oxygen atoms in total. The van der Waals surface area contributed by atoms with Crippen molar-refractivity contribution in [2.75, 3.05) is 39.8 Å². The standard InChI is InChI=1S/C18H21N5O4/c1-27-17(26)14-15(24)16(25)23-13-5-3-2-4-12(13)22(18(23)20-14)11-10-21-8-6-19-7-9-21/h2-5,19,24H,6-11H2,1H3. The Morgan fingerprint density at radius 1 is 1.22 bits per heavy atom. The fraction of sp³-hybridized carbons (Fsp3) is 0.389. The lowest BCUT2D eigenvalue weighted by Gasteiger charge is -2.27. The van der Waals surface area contributed by atoms with Crippen LogP contribution < -0.4 is 10.9 Å². The molecule has 9 heteroatoms. The number of esters is 1. The van der Waals surface area contributed by atoms with Crippen LogP contribution in [0, 0.1) is 0 Å². The lowest BCUT2D eigenvalue weighted by atomic mass is 10.3. The first-order chi connectivity index (χ1) is 13.1. The average molecular weight is 371 g/mol. The molecule has 0 spiro atoms. The molecule has 1 aromatic carbocycles. The Balaban J connectivity index is 1.88. The van der Waals surface area contributed by atoms with Crippen molar-refractivity contribution in [3.8, 4) is 5.75 Å². The number of carbonyl (C=O) groups excluding carboxylic acids is 1. The van der Waals surface area contributed by atoms with E-state index >= 15 is 0 Å². The molecule has 3 heterocycles. The van der Waals surface area contributed by atoms with Gasteiger partial charge in [-0.15, -0.1) is 0 Å². The zero-order chi connectivity index (χ0) is 19.0. The molecule has 3 aromatic rings. The van der Waals surface area contributed by atoms with Crippen LogP contribution in [0.5, 0.6) is 5.75 Å². The second kappa shape index (κ2) is 7.01. The van der Waals surface area contributed by atoms with Gasteiger partial charge in [-0.25, -0.2) is 14.2 Å². The maximum absolute atomic E-state index is 12.7. The Kier molecular flexibility index (Phi) is 4.54. The Morgan fingerprint density at radius 3 is 2.63 bits per heavy atom. The van der Waals surface area contributed by atoms with E-state index in [1.54, 1.807) is 6.07 Å². The largest absolute Gasteiger partial charge is 0.501 e. The SMILES string of the molecule is COC(=O)c1nc2n(CCN3CCNCC3)c3ccccc3n2c(=O)c1O. The molecule has 2 N–H and O–H groups in total. The van der Waals surface area contributed by atoms with Gasteiger partial charge in [0.05, 0.1) is 18.1 Å². The number of methoxy groups -OCH3 is 1. The van der Waals surface area contributed by atoms with Gasteiger partial charge in [0.2, 0.25) is 11.5 Å². The van der Waals surface area contributed by atoms with Crippen LogP contribution >= 0.6 is 0 Å². The number of aromatic nitrogens is 3. The van der Waals surface area contributed by atoms with Crippen molar-refractivity contribution in [1.29, 1.82) is 0 Å². The average Bonchev–Trinajstić information content (AvgIpc) is 3.03. The second-order valence-electron chi connectivity index (χ2n) is 6.47. The van der Waals surface area contributed by atoms with Crippen molar-refractivity contribution in [2.24, 2.45) is 0 Å². The van der Waals surface area contributed by atoms with Gasteiger partial charge in [-0.1, -0.05) is 12.1 Å². The van der Waals surface area contributed by atoms with E-state index in [0.717, 1.165) is 38.2 Å². The van der Waals surface area contributed by atoms with Gasteiger partial charge in [-0.2, -0.15) is 0 Å². The summed E-state index contributed by atoms with van der Waals surface area (Å²) in [5.41, 5.74) is 0.405. The van der Waals surface area contributed by atoms with E-state index in [0.29, 0.717) is 17.8 Å². The molecule has 1 saturated heterocycles. The van der Waals surface area contributed by atoms with Crippen LogP contribution in [-0.4, -0.2) is 69.8 Å². The van der Waals surface area contributed by atoms with Crippen molar-refractivity contribution in [2.45, 2.75) is 6.54 Å². The fourth-order valence-electron chi connectivity index (χ4n) is 3.52. The molecule has 4 rings (SSSR count). The van der Waals surface area contributed by atoms with Crippen LogP contribution in [0.4, 0.5) is 0 Å². The van der Waals surface area contributed by atoms with Gasteiger partial charge in [0.25, 0.3) is 0 Å². The molecule has 1 aliphatic rings. The van der Waals surface area contributed by atoms with E-state index in [2.05, 4.69) is 19.9 Å². The summed E-state index contributed by atoms with van der Waals surface area (Å²) in [6.07, 6.45) is 0. The molecule has 0 amide bonds. The monoisotopic (exact) mass is 371 g/mol. The topological polar surface area (TPSA) is 101 Å². The summed E-state index contributed by atoms with van der Waals surface area (Å²) in [5.74, 6) is -1.23. The predicted octanol–water partition coefficient (Wildman–Crippen LogP) is 0.0466. The molecule has 1 fully saturated rings. The number of piperazine rings is 1. The Labute approximate surface area is 154 Å². The van der Waals surface area contributed by atoms with E-state index < -0.39 is 17.3 Å². The number of hydrogen-bond acceptors (Lipinski definition) is 7. The summed E-state index contributed by atoms with van der Waals surface area (Å²) in [6.45, 7) is 5.21. The Bertz CT molecular complexity index is 1060. The maximum atomic E-state index is 12.7. The molecule has 0 radical (unpaired) electrons. The second-order valence-corrected chi connectivity index (χ2v) is 6.47. The minimum absolute atomic E-state index is 0.314. The third-order valence-electron chi connectivity index (χ3n) is 4.92. The Morgan fingerprint density at radius 2 is 1.93 bits per heavy atom. The molecule has 0 atom stereocenters. The lowest BCUT2D eigenvalue weighted by molar-refractivity contribution is 0.0590. The first kappa shape index (κ1) is 17.5. The van der Waals surface area contributed by atoms with Gasteiger partial charge in [-0.05, 0) is 12.1 Å². The van der Waals surface area contributed by atoms with Crippen LogP contribution in [0.3, 0.4) is 0 Å². The summed E-state index contributed by atoms with van der Waals surface area (Å²) in [7, 11) is 1.19. The van der Waals surface area contributed by atoms with Crippen molar-refractivity contribution < 1.29 is 14.6 Å². The number of hydrogen-bond donors (Lipinski definition) is 2. The predicted molar refractivity (Wildman–Crippen MR) is 99.3 cm³/mol. The quantitative estimate of drug-likeness (QED) is 0.625. The number of nitrogens with zero attached hydrogens (tertiary/aromatic N) is 4. The number of para-hydroxylation sites is 2. The highest BCUT2D eigenvalue weighted by molar-refractivity contribution is 5.91. The minimum Gasteiger partial charge on any atom is -0.501 e. The van der Waals surface area contributed by atoms with Crippen LogP contribution in [0.1, 0.15) is 10.5 Å². The van der Waals surface area contributed by atoms with Crippen molar-refractivity contribution in [3.63, 3.8) is 0 Å². The number of imidazole rings is 1. The molecular formula is C18H21N5O4. The van der Waals surface area contributed by atoms with E-state index in [-0.39, 0.29) is 5.69 Å².